The largest absolute Gasteiger partial charge is 0.364 e. The molecule has 0 bridgehead atoms. The smallest absolute Gasteiger partial charge is 0.261 e. The molecule has 0 aliphatic heterocycles. The molecule has 0 unspecified atom stereocenters. The number of sulfonamides is 1. The molecule has 4 rings (SSSR count). The van der Waals surface area contributed by atoms with E-state index in [1.807, 2.05) is 24.3 Å². The van der Waals surface area contributed by atoms with Gasteiger partial charge in [-0.15, -0.1) is 0 Å². The van der Waals surface area contributed by atoms with Gasteiger partial charge >= 0.3 is 0 Å². The fraction of sp³-hybridized carbons (Fsp3) is 0.238. The molecule has 2 N–H and O–H groups in total. The van der Waals surface area contributed by atoms with Crippen molar-refractivity contribution in [2.45, 2.75) is 37.1 Å². The van der Waals surface area contributed by atoms with Crippen LogP contribution in [-0.4, -0.2) is 18.4 Å². The SMILES string of the molecule is O=S(=O)(Nc1ccc(NCc2ccccn2)nc1)c1ccc2c(c1)CCCC2. The van der Waals surface area contributed by atoms with E-state index in [4.69, 9.17) is 0 Å². The minimum atomic E-state index is -3.64. The highest BCUT2D eigenvalue weighted by Crippen LogP contribution is 2.25. The minimum Gasteiger partial charge on any atom is -0.364 e. The second-order valence-electron chi connectivity index (χ2n) is 6.85. The quantitative estimate of drug-likeness (QED) is 0.665. The number of nitrogens with zero attached hydrogens (tertiary/aromatic N) is 2. The normalized spacial score (nSPS) is 13.6. The molecule has 0 spiro atoms. The first kappa shape index (κ1) is 18.4. The van der Waals surface area contributed by atoms with Crippen LogP contribution in [0.4, 0.5) is 11.5 Å². The molecule has 28 heavy (non-hydrogen) atoms. The molecule has 6 nitrogen and oxygen atoms in total. The molecular weight excluding hydrogens is 372 g/mol. The van der Waals surface area contributed by atoms with E-state index in [-0.39, 0.29) is 0 Å². The molecule has 1 aromatic carbocycles. The second kappa shape index (κ2) is 7.98. The lowest BCUT2D eigenvalue weighted by Crippen LogP contribution is -2.14. The molecule has 0 radical (unpaired) electrons. The molecule has 0 atom stereocenters. The molecular formula is C21H22N4O2S. The van der Waals surface area contributed by atoms with Crippen LogP contribution >= 0.6 is 0 Å². The van der Waals surface area contributed by atoms with E-state index in [1.165, 1.54) is 18.2 Å². The summed E-state index contributed by atoms with van der Waals surface area (Å²) in [4.78, 5) is 8.81. The fourth-order valence-electron chi connectivity index (χ4n) is 3.33. The lowest BCUT2D eigenvalue weighted by atomic mass is 9.92. The Kier molecular flexibility index (Phi) is 5.25. The summed E-state index contributed by atoms with van der Waals surface area (Å²) >= 11 is 0. The maximum Gasteiger partial charge on any atom is 0.261 e. The molecule has 0 saturated carbocycles. The molecule has 1 aliphatic rings. The highest BCUT2D eigenvalue weighted by Gasteiger charge is 2.18. The van der Waals surface area contributed by atoms with Crippen LogP contribution in [0.1, 0.15) is 29.7 Å². The number of benzene rings is 1. The number of pyridine rings is 2. The number of hydrogen-bond donors (Lipinski definition) is 2. The molecule has 0 amide bonds. The van der Waals surface area contributed by atoms with Crippen LogP contribution in [0.25, 0.3) is 0 Å². The number of hydrogen-bond acceptors (Lipinski definition) is 5. The van der Waals surface area contributed by atoms with Gasteiger partial charge in [0.1, 0.15) is 5.82 Å². The van der Waals surface area contributed by atoms with Gasteiger partial charge in [0.25, 0.3) is 10.0 Å². The molecule has 2 heterocycles. The van der Waals surface area contributed by atoms with Crippen molar-refractivity contribution in [1.82, 2.24) is 9.97 Å². The zero-order valence-corrected chi connectivity index (χ0v) is 16.2. The van der Waals surface area contributed by atoms with Crippen LogP contribution in [-0.2, 0) is 29.4 Å². The van der Waals surface area contributed by atoms with Crippen molar-refractivity contribution in [2.24, 2.45) is 0 Å². The summed E-state index contributed by atoms with van der Waals surface area (Å²) in [7, 11) is -3.64. The Morgan fingerprint density at radius 1 is 0.929 bits per heavy atom. The zero-order chi connectivity index (χ0) is 19.4. The molecule has 0 saturated heterocycles. The van der Waals surface area contributed by atoms with Gasteiger partial charge in [0.15, 0.2) is 0 Å². The number of fused-ring (bicyclic) bond motifs is 1. The number of aromatic nitrogens is 2. The van der Waals surface area contributed by atoms with E-state index in [2.05, 4.69) is 20.0 Å². The number of aryl methyl sites for hydroxylation is 2. The zero-order valence-electron chi connectivity index (χ0n) is 15.4. The third kappa shape index (κ3) is 4.31. The predicted molar refractivity (Wildman–Crippen MR) is 110 cm³/mol. The molecule has 2 aromatic heterocycles. The van der Waals surface area contributed by atoms with Crippen molar-refractivity contribution in [3.8, 4) is 0 Å². The summed E-state index contributed by atoms with van der Waals surface area (Å²) in [6.45, 7) is 0.550. The van der Waals surface area contributed by atoms with Gasteiger partial charge in [-0.05, 0) is 73.2 Å². The van der Waals surface area contributed by atoms with Crippen molar-refractivity contribution in [1.29, 1.82) is 0 Å². The van der Waals surface area contributed by atoms with Crippen molar-refractivity contribution < 1.29 is 8.42 Å². The van der Waals surface area contributed by atoms with E-state index >= 15 is 0 Å². The van der Waals surface area contributed by atoms with Gasteiger partial charge in [0, 0.05) is 6.20 Å². The van der Waals surface area contributed by atoms with E-state index in [0.717, 1.165) is 30.5 Å². The summed E-state index contributed by atoms with van der Waals surface area (Å²) < 4.78 is 28.1. The van der Waals surface area contributed by atoms with Gasteiger partial charge < -0.3 is 5.32 Å². The van der Waals surface area contributed by atoms with Crippen LogP contribution in [0.15, 0.2) is 65.8 Å². The monoisotopic (exact) mass is 394 g/mol. The van der Waals surface area contributed by atoms with E-state index < -0.39 is 10.0 Å². The molecule has 1 aliphatic carbocycles. The van der Waals surface area contributed by atoms with Crippen molar-refractivity contribution in [3.05, 3.63) is 77.7 Å². The van der Waals surface area contributed by atoms with Gasteiger partial charge in [-0.3, -0.25) is 9.71 Å². The van der Waals surface area contributed by atoms with Gasteiger partial charge in [-0.1, -0.05) is 12.1 Å². The summed E-state index contributed by atoms with van der Waals surface area (Å²) in [5, 5.41) is 3.17. The Labute approximate surface area is 165 Å². The van der Waals surface area contributed by atoms with Crippen LogP contribution in [0, 0.1) is 0 Å². The topological polar surface area (TPSA) is 84.0 Å². The lowest BCUT2D eigenvalue weighted by molar-refractivity contribution is 0.600. The second-order valence-corrected chi connectivity index (χ2v) is 8.53. The highest BCUT2D eigenvalue weighted by molar-refractivity contribution is 7.92. The number of rotatable bonds is 6. The summed E-state index contributed by atoms with van der Waals surface area (Å²) in [6.07, 6.45) is 7.50. The minimum absolute atomic E-state index is 0.297. The Balaban J connectivity index is 1.43. The number of nitrogens with one attached hydrogen (secondary N) is 2. The van der Waals surface area contributed by atoms with Crippen molar-refractivity contribution in [3.63, 3.8) is 0 Å². The van der Waals surface area contributed by atoms with Gasteiger partial charge in [-0.2, -0.15) is 0 Å². The Morgan fingerprint density at radius 3 is 2.54 bits per heavy atom. The molecule has 7 heteroatoms. The molecule has 0 fully saturated rings. The van der Waals surface area contributed by atoms with Crippen LogP contribution in [0.2, 0.25) is 0 Å². The van der Waals surface area contributed by atoms with E-state index in [1.54, 1.807) is 30.5 Å². The van der Waals surface area contributed by atoms with Crippen LogP contribution < -0.4 is 10.0 Å². The van der Waals surface area contributed by atoms with Crippen molar-refractivity contribution in [2.75, 3.05) is 10.0 Å². The predicted octanol–water partition coefficient (Wildman–Crippen LogP) is 3.77. The summed E-state index contributed by atoms with van der Waals surface area (Å²) in [6, 6.07) is 14.6. The lowest BCUT2D eigenvalue weighted by Gasteiger charge is -2.17. The van der Waals surface area contributed by atoms with Crippen LogP contribution in [0.3, 0.4) is 0 Å². The fourth-order valence-corrected chi connectivity index (χ4v) is 4.43. The summed E-state index contributed by atoms with van der Waals surface area (Å²) in [5.41, 5.74) is 3.74. The Hall–Kier alpha value is -2.93. The van der Waals surface area contributed by atoms with Crippen LogP contribution in [0.5, 0.6) is 0 Å². The molecule has 144 valence electrons. The first-order chi connectivity index (χ1) is 13.6. The summed E-state index contributed by atoms with van der Waals surface area (Å²) in [5.74, 6) is 0.655. The Morgan fingerprint density at radius 2 is 1.79 bits per heavy atom. The maximum atomic E-state index is 12.7. The third-order valence-electron chi connectivity index (χ3n) is 4.82. The Bertz CT molecular complexity index is 1050. The average Bonchev–Trinajstić information content (AvgIpc) is 2.73. The highest BCUT2D eigenvalue weighted by atomic mass is 32.2. The van der Waals surface area contributed by atoms with Gasteiger partial charge in [-0.25, -0.2) is 13.4 Å². The van der Waals surface area contributed by atoms with Gasteiger partial charge in [0.2, 0.25) is 0 Å². The average molecular weight is 395 g/mol. The van der Waals surface area contributed by atoms with Crippen molar-refractivity contribution >= 4 is 21.5 Å². The standard InChI is InChI=1S/C21H22N4O2S/c26-28(27,20-10-8-16-5-1-2-6-17(16)13-20)25-19-9-11-21(24-15-19)23-14-18-7-3-4-12-22-18/h3-4,7-13,15,25H,1-2,5-6,14H2,(H,23,24). The third-order valence-corrected chi connectivity index (χ3v) is 6.20. The van der Waals surface area contributed by atoms with Gasteiger partial charge in [0.05, 0.1) is 29.0 Å². The maximum absolute atomic E-state index is 12.7. The first-order valence-corrected chi connectivity index (χ1v) is 10.8. The first-order valence-electron chi connectivity index (χ1n) is 9.35. The van der Waals surface area contributed by atoms with E-state index in [9.17, 15) is 8.42 Å². The number of anilines is 2. The molecule has 3 aromatic rings. The van der Waals surface area contributed by atoms with E-state index in [0.29, 0.717) is 22.9 Å².